The lowest BCUT2D eigenvalue weighted by molar-refractivity contribution is -0.0382. The molecule has 0 spiro atoms. The first-order valence-corrected chi connectivity index (χ1v) is 5.78. The van der Waals surface area contributed by atoms with Crippen LogP contribution in [0, 0.1) is 17.0 Å². The van der Waals surface area contributed by atoms with Crippen molar-refractivity contribution in [1.29, 1.82) is 0 Å². The van der Waals surface area contributed by atoms with Crippen molar-refractivity contribution in [2.24, 2.45) is 5.41 Å². The number of aliphatic hydroxyl groups is 1. The average molecular weight is 242 g/mol. The minimum atomic E-state index is -0.579. The first-order chi connectivity index (χ1) is 8.15. The fourth-order valence-electron chi connectivity index (χ4n) is 2.30. The van der Waals surface area contributed by atoms with Crippen LogP contribution in [0.25, 0.3) is 0 Å². The molecule has 0 amide bonds. The van der Waals surface area contributed by atoms with Gasteiger partial charge in [-0.25, -0.2) is 8.78 Å². The summed E-state index contributed by atoms with van der Waals surface area (Å²) in [6.07, 6.45) is 2.05. The van der Waals surface area contributed by atoms with Gasteiger partial charge in [-0.05, 0) is 30.9 Å². The number of hydrogen-bond acceptors (Lipinski definition) is 2. The molecule has 4 heteroatoms. The highest BCUT2D eigenvalue weighted by Gasteiger charge is 2.33. The molecule has 0 aliphatic carbocycles. The molecular weight excluding hydrogens is 226 g/mol. The molecule has 1 aliphatic heterocycles. The minimum absolute atomic E-state index is 0.0379. The summed E-state index contributed by atoms with van der Waals surface area (Å²) < 4.78 is 31.7. The van der Waals surface area contributed by atoms with Gasteiger partial charge in [0.2, 0.25) is 0 Å². The van der Waals surface area contributed by atoms with Crippen LogP contribution < -0.4 is 0 Å². The van der Waals surface area contributed by atoms with Gasteiger partial charge >= 0.3 is 0 Å². The topological polar surface area (TPSA) is 29.5 Å². The van der Waals surface area contributed by atoms with E-state index in [1.807, 2.05) is 0 Å². The smallest absolute Gasteiger partial charge is 0.129 e. The van der Waals surface area contributed by atoms with Gasteiger partial charge in [0.25, 0.3) is 0 Å². The highest BCUT2D eigenvalue weighted by Crippen LogP contribution is 2.32. The van der Waals surface area contributed by atoms with Crippen LogP contribution >= 0.6 is 0 Å². The van der Waals surface area contributed by atoms with E-state index >= 15 is 0 Å². The fourth-order valence-corrected chi connectivity index (χ4v) is 2.30. The molecule has 1 aromatic rings. The molecule has 0 aromatic heterocycles. The molecule has 1 N–H and O–H groups in total. The zero-order chi connectivity index (χ0) is 12.3. The summed E-state index contributed by atoms with van der Waals surface area (Å²) in [4.78, 5) is 0. The SMILES string of the molecule is OCC1(Cc2ccc(F)cc2F)CCCOC1. The van der Waals surface area contributed by atoms with Crippen LogP contribution in [-0.2, 0) is 11.2 Å². The summed E-state index contributed by atoms with van der Waals surface area (Å²) >= 11 is 0. The standard InChI is InChI=1S/C13H16F2O2/c14-11-3-2-10(12(15)6-11)7-13(8-16)4-1-5-17-9-13/h2-3,6,16H,1,4-5,7-9H2. The highest BCUT2D eigenvalue weighted by molar-refractivity contribution is 5.20. The third kappa shape index (κ3) is 2.82. The number of benzene rings is 1. The Bertz CT molecular complexity index is 387. The third-order valence-electron chi connectivity index (χ3n) is 3.32. The molecule has 1 atom stereocenters. The largest absolute Gasteiger partial charge is 0.396 e. The zero-order valence-electron chi connectivity index (χ0n) is 9.59. The lowest BCUT2D eigenvalue weighted by atomic mass is 9.78. The first-order valence-electron chi connectivity index (χ1n) is 5.78. The van der Waals surface area contributed by atoms with Gasteiger partial charge in [-0.3, -0.25) is 0 Å². The van der Waals surface area contributed by atoms with Crippen LogP contribution in [-0.4, -0.2) is 24.9 Å². The van der Waals surface area contributed by atoms with Gasteiger partial charge in [-0.15, -0.1) is 0 Å². The second kappa shape index (κ2) is 5.10. The Balaban J connectivity index is 2.17. The van der Waals surface area contributed by atoms with E-state index in [4.69, 9.17) is 4.74 Å². The number of halogens is 2. The molecule has 1 aliphatic rings. The van der Waals surface area contributed by atoms with Crippen molar-refractivity contribution in [3.63, 3.8) is 0 Å². The zero-order valence-corrected chi connectivity index (χ0v) is 9.59. The Hall–Kier alpha value is -1.00. The van der Waals surface area contributed by atoms with Crippen molar-refractivity contribution in [3.05, 3.63) is 35.4 Å². The van der Waals surface area contributed by atoms with Crippen LogP contribution in [0.5, 0.6) is 0 Å². The van der Waals surface area contributed by atoms with Gasteiger partial charge in [-0.2, -0.15) is 0 Å². The van der Waals surface area contributed by atoms with Crippen LogP contribution in [0.4, 0.5) is 8.78 Å². The summed E-state index contributed by atoms with van der Waals surface area (Å²) in [7, 11) is 0. The van der Waals surface area contributed by atoms with Crippen molar-refractivity contribution in [3.8, 4) is 0 Å². The summed E-state index contributed by atoms with van der Waals surface area (Å²) in [6.45, 7) is 1.08. The fraction of sp³-hybridized carbons (Fsp3) is 0.538. The maximum Gasteiger partial charge on any atom is 0.129 e. The number of rotatable bonds is 3. The molecule has 1 fully saturated rings. The van der Waals surface area contributed by atoms with E-state index in [1.54, 1.807) is 0 Å². The molecule has 0 bridgehead atoms. The normalized spacial score (nSPS) is 24.9. The summed E-state index contributed by atoms with van der Waals surface area (Å²) in [5.41, 5.74) is 0.0163. The molecule has 0 saturated carbocycles. The van der Waals surface area contributed by atoms with Gasteiger partial charge in [0.05, 0.1) is 13.2 Å². The second-order valence-corrected chi connectivity index (χ2v) is 4.73. The Kier molecular flexibility index (Phi) is 3.74. The van der Waals surface area contributed by atoms with Crippen molar-refractivity contribution >= 4 is 0 Å². The minimum Gasteiger partial charge on any atom is -0.396 e. The van der Waals surface area contributed by atoms with Gasteiger partial charge < -0.3 is 9.84 Å². The Labute approximate surface area is 99.2 Å². The molecule has 2 nitrogen and oxygen atoms in total. The van der Waals surface area contributed by atoms with E-state index in [9.17, 15) is 13.9 Å². The highest BCUT2D eigenvalue weighted by atomic mass is 19.1. The summed E-state index contributed by atoms with van der Waals surface area (Å²) in [5, 5.41) is 9.47. The van der Waals surface area contributed by atoms with Crippen LogP contribution in [0.15, 0.2) is 18.2 Å². The van der Waals surface area contributed by atoms with E-state index in [1.165, 1.54) is 12.1 Å². The quantitative estimate of drug-likeness (QED) is 0.881. The molecule has 1 aromatic carbocycles. The molecule has 1 heterocycles. The predicted molar refractivity (Wildman–Crippen MR) is 59.6 cm³/mol. The van der Waals surface area contributed by atoms with E-state index in [0.29, 0.717) is 25.2 Å². The van der Waals surface area contributed by atoms with Gasteiger partial charge in [0, 0.05) is 18.1 Å². The summed E-state index contributed by atoms with van der Waals surface area (Å²) in [6, 6.07) is 3.56. The Morgan fingerprint density at radius 3 is 2.76 bits per heavy atom. The lowest BCUT2D eigenvalue weighted by Crippen LogP contribution is -2.37. The van der Waals surface area contributed by atoms with E-state index in [0.717, 1.165) is 18.9 Å². The van der Waals surface area contributed by atoms with Gasteiger partial charge in [0.15, 0.2) is 0 Å². The van der Waals surface area contributed by atoms with Crippen LogP contribution in [0.2, 0.25) is 0 Å². The maximum absolute atomic E-state index is 13.5. The van der Waals surface area contributed by atoms with E-state index in [2.05, 4.69) is 0 Å². The average Bonchev–Trinajstić information content (AvgIpc) is 2.34. The Morgan fingerprint density at radius 1 is 1.35 bits per heavy atom. The third-order valence-corrected chi connectivity index (χ3v) is 3.32. The number of ether oxygens (including phenoxy) is 1. The molecule has 94 valence electrons. The van der Waals surface area contributed by atoms with Crippen molar-refractivity contribution in [2.45, 2.75) is 19.3 Å². The van der Waals surface area contributed by atoms with Crippen LogP contribution in [0.3, 0.4) is 0 Å². The molecule has 1 saturated heterocycles. The van der Waals surface area contributed by atoms with Crippen molar-refractivity contribution in [1.82, 2.24) is 0 Å². The maximum atomic E-state index is 13.5. The van der Waals surface area contributed by atoms with Gasteiger partial charge in [0.1, 0.15) is 11.6 Å². The van der Waals surface area contributed by atoms with Crippen molar-refractivity contribution in [2.75, 3.05) is 19.8 Å². The summed E-state index contributed by atoms with van der Waals surface area (Å²) in [5.74, 6) is -1.13. The second-order valence-electron chi connectivity index (χ2n) is 4.73. The molecule has 17 heavy (non-hydrogen) atoms. The van der Waals surface area contributed by atoms with E-state index < -0.39 is 17.0 Å². The monoisotopic (exact) mass is 242 g/mol. The molecule has 2 rings (SSSR count). The number of aliphatic hydroxyl groups excluding tert-OH is 1. The number of hydrogen-bond donors (Lipinski definition) is 1. The molecule has 0 radical (unpaired) electrons. The lowest BCUT2D eigenvalue weighted by Gasteiger charge is -2.35. The van der Waals surface area contributed by atoms with E-state index in [-0.39, 0.29) is 6.61 Å². The molecular formula is C13H16F2O2. The Morgan fingerprint density at radius 2 is 2.18 bits per heavy atom. The van der Waals surface area contributed by atoms with Gasteiger partial charge in [-0.1, -0.05) is 6.07 Å². The first kappa shape index (κ1) is 12.5. The molecule has 1 unspecified atom stereocenters. The predicted octanol–water partition coefficient (Wildman–Crippen LogP) is 2.30. The van der Waals surface area contributed by atoms with Crippen LogP contribution in [0.1, 0.15) is 18.4 Å². The van der Waals surface area contributed by atoms with Crippen molar-refractivity contribution < 1.29 is 18.6 Å².